The number of ketones is 1. The van der Waals surface area contributed by atoms with Crippen LogP contribution in [-0.4, -0.2) is 29.3 Å². The van der Waals surface area contributed by atoms with Gasteiger partial charge in [-0.25, -0.2) is 0 Å². The molecule has 0 unspecified atom stereocenters. The summed E-state index contributed by atoms with van der Waals surface area (Å²) < 4.78 is 0. The van der Waals surface area contributed by atoms with Crippen LogP contribution >= 0.6 is 11.8 Å². The Morgan fingerprint density at radius 2 is 2.06 bits per heavy atom. The average Bonchev–Trinajstić information content (AvgIpc) is 2.63. The van der Waals surface area contributed by atoms with Crippen molar-refractivity contribution in [2.45, 2.75) is 40.7 Å². The molecule has 4 heteroatoms. The Morgan fingerprint density at radius 1 is 1.44 bits per heavy atom. The van der Waals surface area contributed by atoms with E-state index < -0.39 is 0 Å². The molecule has 1 aliphatic rings. The molecule has 16 heavy (non-hydrogen) atoms. The van der Waals surface area contributed by atoms with Gasteiger partial charge in [-0.15, -0.1) is 0 Å². The maximum atomic E-state index is 12.3. The molecule has 0 amide bonds. The molecule has 0 fully saturated rings. The second-order valence-corrected chi connectivity index (χ2v) is 6.60. The van der Waals surface area contributed by atoms with E-state index in [0.29, 0.717) is 0 Å². The molecule has 0 saturated heterocycles. The van der Waals surface area contributed by atoms with Gasteiger partial charge in [0.25, 0.3) is 0 Å². The fraction of sp³-hybridized carbons (Fsp3) is 0.833. The normalized spacial score (nSPS) is 18.5. The van der Waals surface area contributed by atoms with Gasteiger partial charge in [-0.2, -0.15) is 0 Å². The second kappa shape index (κ2) is 5.21. The molecule has 0 aromatic carbocycles. The van der Waals surface area contributed by atoms with E-state index in [9.17, 15) is 4.79 Å². The lowest BCUT2D eigenvalue weighted by Gasteiger charge is -2.28. The summed E-state index contributed by atoms with van der Waals surface area (Å²) in [5, 5.41) is 4.21. The van der Waals surface area contributed by atoms with Gasteiger partial charge < -0.3 is 5.32 Å². The molecule has 0 aromatic heterocycles. The van der Waals surface area contributed by atoms with E-state index in [2.05, 4.69) is 24.2 Å². The molecule has 1 aliphatic heterocycles. The van der Waals surface area contributed by atoms with Crippen LogP contribution in [-0.2, 0) is 4.79 Å². The van der Waals surface area contributed by atoms with Crippen molar-refractivity contribution in [3.63, 3.8) is 0 Å². The predicted octanol–water partition coefficient (Wildman–Crippen LogP) is 2.32. The smallest absolute Gasteiger partial charge is 0.160 e. The van der Waals surface area contributed by atoms with Crippen LogP contribution in [0.1, 0.15) is 34.6 Å². The summed E-state index contributed by atoms with van der Waals surface area (Å²) in [5.74, 6) is 1.57. The van der Waals surface area contributed by atoms with Crippen LogP contribution in [0, 0.1) is 11.3 Å². The molecule has 0 bridgehead atoms. The quantitative estimate of drug-likeness (QED) is 0.826. The molecule has 0 saturated carbocycles. The Morgan fingerprint density at radius 3 is 2.44 bits per heavy atom. The molecule has 0 spiro atoms. The standard InChI is InChI=1S/C12H22N2OS/c1-8(2)9(10(15)12(3,4)5)14-11-13-6-7-16-11/h8-9H,6-7H2,1-5H3,(H,13,14)/t9-/m0/s1. The van der Waals surface area contributed by atoms with E-state index in [0.717, 1.165) is 17.5 Å². The van der Waals surface area contributed by atoms with Crippen LogP contribution in [0.3, 0.4) is 0 Å². The van der Waals surface area contributed by atoms with Crippen molar-refractivity contribution in [1.82, 2.24) is 5.32 Å². The zero-order valence-corrected chi connectivity index (χ0v) is 11.6. The average molecular weight is 242 g/mol. The van der Waals surface area contributed by atoms with Gasteiger partial charge in [0.1, 0.15) is 0 Å². The van der Waals surface area contributed by atoms with Crippen molar-refractivity contribution < 1.29 is 4.79 Å². The highest BCUT2D eigenvalue weighted by atomic mass is 32.2. The molecule has 0 aromatic rings. The Kier molecular flexibility index (Phi) is 4.42. The van der Waals surface area contributed by atoms with Gasteiger partial charge in [0, 0.05) is 11.2 Å². The first kappa shape index (κ1) is 13.6. The minimum absolute atomic E-state index is 0.121. The maximum Gasteiger partial charge on any atom is 0.160 e. The van der Waals surface area contributed by atoms with Crippen LogP contribution in [0.2, 0.25) is 0 Å². The molecule has 3 nitrogen and oxygen atoms in total. The first-order valence-electron chi connectivity index (χ1n) is 5.80. The number of hydrogen-bond donors (Lipinski definition) is 1. The lowest BCUT2D eigenvalue weighted by molar-refractivity contribution is -0.129. The maximum absolute atomic E-state index is 12.3. The first-order valence-corrected chi connectivity index (χ1v) is 6.79. The molecule has 1 heterocycles. The molecule has 0 aliphatic carbocycles. The van der Waals surface area contributed by atoms with E-state index in [1.807, 2.05) is 20.8 Å². The second-order valence-electron chi connectivity index (χ2n) is 5.52. The highest BCUT2D eigenvalue weighted by Gasteiger charge is 2.32. The number of carbonyl (C=O) groups is 1. The molecule has 92 valence electrons. The van der Waals surface area contributed by atoms with Gasteiger partial charge in [-0.1, -0.05) is 46.4 Å². The topological polar surface area (TPSA) is 41.5 Å². The number of nitrogens with one attached hydrogen (secondary N) is 1. The van der Waals surface area contributed by atoms with Crippen molar-refractivity contribution in [2.75, 3.05) is 12.3 Å². The highest BCUT2D eigenvalue weighted by Crippen LogP contribution is 2.21. The van der Waals surface area contributed by atoms with Gasteiger partial charge in [0.15, 0.2) is 11.0 Å². The zero-order chi connectivity index (χ0) is 12.3. The van der Waals surface area contributed by atoms with Gasteiger partial charge in [-0.3, -0.25) is 9.79 Å². The third kappa shape index (κ3) is 3.51. The number of rotatable bonds is 3. The van der Waals surface area contributed by atoms with Crippen molar-refractivity contribution in [3.05, 3.63) is 0 Å². The third-order valence-corrected chi connectivity index (χ3v) is 3.46. The third-order valence-electron chi connectivity index (χ3n) is 2.55. The van der Waals surface area contributed by atoms with E-state index in [-0.39, 0.29) is 23.2 Å². The van der Waals surface area contributed by atoms with Crippen molar-refractivity contribution in [3.8, 4) is 0 Å². The van der Waals surface area contributed by atoms with Crippen molar-refractivity contribution >= 4 is 22.7 Å². The zero-order valence-electron chi connectivity index (χ0n) is 10.8. The van der Waals surface area contributed by atoms with Gasteiger partial charge in [0.2, 0.25) is 0 Å². The van der Waals surface area contributed by atoms with Crippen LogP contribution in [0.15, 0.2) is 4.99 Å². The summed E-state index contributed by atoms with van der Waals surface area (Å²) in [6, 6.07) is -0.121. The number of thioether (sulfide) groups is 1. The molecule has 1 N–H and O–H groups in total. The lowest BCUT2D eigenvalue weighted by atomic mass is 9.82. The largest absolute Gasteiger partial charge is 0.355 e. The van der Waals surface area contributed by atoms with E-state index >= 15 is 0 Å². The van der Waals surface area contributed by atoms with Crippen LogP contribution < -0.4 is 5.32 Å². The Balaban J connectivity index is 2.71. The summed E-state index contributed by atoms with van der Waals surface area (Å²) in [4.78, 5) is 16.6. The van der Waals surface area contributed by atoms with Crippen molar-refractivity contribution in [2.24, 2.45) is 16.3 Å². The first-order chi connectivity index (χ1) is 7.32. The molecule has 1 rings (SSSR count). The lowest BCUT2D eigenvalue weighted by Crippen LogP contribution is -2.47. The highest BCUT2D eigenvalue weighted by molar-refractivity contribution is 8.14. The Bertz CT molecular complexity index is 292. The number of Topliss-reactive ketones (excluding diaryl/α,β-unsaturated/α-hetero) is 1. The number of nitrogens with zero attached hydrogens (tertiary/aromatic N) is 1. The fourth-order valence-electron chi connectivity index (χ4n) is 1.56. The predicted molar refractivity (Wildman–Crippen MR) is 71.0 cm³/mol. The summed E-state index contributed by atoms with van der Waals surface area (Å²) in [6.07, 6.45) is 0. The van der Waals surface area contributed by atoms with Crippen LogP contribution in [0.25, 0.3) is 0 Å². The van der Waals surface area contributed by atoms with Crippen molar-refractivity contribution in [1.29, 1.82) is 0 Å². The number of amidine groups is 1. The SMILES string of the molecule is CC(C)[C@H](NC1=NCCS1)C(=O)C(C)(C)C. The Labute approximate surface area is 102 Å². The molecular formula is C12H22N2OS. The van der Waals surface area contributed by atoms with Crippen LogP contribution in [0.5, 0.6) is 0 Å². The summed E-state index contributed by atoms with van der Waals surface area (Å²) >= 11 is 1.70. The minimum atomic E-state index is -0.300. The molecular weight excluding hydrogens is 220 g/mol. The monoisotopic (exact) mass is 242 g/mol. The minimum Gasteiger partial charge on any atom is -0.355 e. The molecule has 0 radical (unpaired) electrons. The number of hydrogen-bond acceptors (Lipinski definition) is 4. The number of aliphatic imine (C=N–C) groups is 1. The van der Waals surface area contributed by atoms with Gasteiger partial charge >= 0.3 is 0 Å². The van der Waals surface area contributed by atoms with E-state index in [4.69, 9.17) is 0 Å². The number of carbonyl (C=O) groups excluding carboxylic acids is 1. The fourth-order valence-corrected chi connectivity index (χ4v) is 2.33. The summed E-state index contributed by atoms with van der Waals surface area (Å²) in [7, 11) is 0. The van der Waals surface area contributed by atoms with Gasteiger partial charge in [-0.05, 0) is 5.92 Å². The summed E-state index contributed by atoms with van der Waals surface area (Å²) in [5.41, 5.74) is -0.300. The molecule has 1 atom stereocenters. The summed E-state index contributed by atoms with van der Waals surface area (Å²) in [6.45, 7) is 10.9. The van der Waals surface area contributed by atoms with Crippen LogP contribution in [0.4, 0.5) is 0 Å². The van der Waals surface area contributed by atoms with E-state index in [1.54, 1.807) is 11.8 Å². The Hall–Kier alpha value is -0.510. The van der Waals surface area contributed by atoms with E-state index in [1.165, 1.54) is 0 Å². The van der Waals surface area contributed by atoms with Gasteiger partial charge in [0.05, 0.1) is 12.6 Å².